The van der Waals surface area contributed by atoms with Crippen molar-refractivity contribution in [3.05, 3.63) is 0 Å². The van der Waals surface area contributed by atoms with Gasteiger partial charge in [0.05, 0.1) is 6.61 Å². The van der Waals surface area contributed by atoms with E-state index >= 15 is 0 Å². The molecule has 0 radical (unpaired) electrons. The summed E-state index contributed by atoms with van der Waals surface area (Å²) < 4.78 is 5.18. The third kappa shape index (κ3) is 15.2. The Morgan fingerprint density at radius 1 is 1.08 bits per heavy atom. The lowest BCUT2D eigenvalue weighted by atomic mass is 10.3. The second kappa shape index (κ2) is 14.9. The van der Waals surface area contributed by atoms with Crippen molar-refractivity contribution < 1.29 is 4.74 Å². The van der Waals surface area contributed by atoms with Crippen LogP contribution in [0.3, 0.4) is 0 Å². The first-order valence-corrected chi connectivity index (χ1v) is 4.28. The molecular formula is C7H18Cl2N2OS. The van der Waals surface area contributed by atoms with Crippen molar-refractivity contribution in [2.45, 2.75) is 19.3 Å². The molecule has 0 bridgehead atoms. The molecule has 82 valence electrons. The van der Waals surface area contributed by atoms with Gasteiger partial charge in [0.25, 0.3) is 0 Å². The van der Waals surface area contributed by atoms with E-state index in [0.717, 1.165) is 19.3 Å². The summed E-state index contributed by atoms with van der Waals surface area (Å²) in [7, 11) is 0. The largest absolute Gasteiger partial charge is 0.487 e. The van der Waals surface area contributed by atoms with Crippen LogP contribution in [0.2, 0.25) is 0 Å². The van der Waals surface area contributed by atoms with Gasteiger partial charge in [-0.3, -0.25) is 0 Å². The zero-order valence-electron chi connectivity index (χ0n) is 7.53. The number of halogens is 2. The maximum Gasteiger partial charge on any atom is 0.159 e. The normalized spacial score (nSPS) is 8.15. The van der Waals surface area contributed by atoms with Crippen molar-refractivity contribution in [1.29, 1.82) is 0 Å². The van der Waals surface area contributed by atoms with Crippen molar-refractivity contribution in [2.24, 2.45) is 11.5 Å². The van der Waals surface area contributed by atoms with Gasteiger partial charge in [-0.05, 0) is 38.1 Å². The molecule has 6 heteroatoms. The topological polar surface area (TPSA) is 61.3 Å². The van der Waals surface area contributed by atoms with Gasteiger partial charge in [-0.1, -0.05) is 0 Å². The fraction of sp³-hybridized carbons (Fsp3) is 0.857. The Balaban J connectivity index is -0.000000500. The summed E-state index contributed by atoms with van der Waals surface area (Å²) in [6.07, 6.45) is 2.56. The summed E-state index contributed by atoms with van der Waals surface area (Å²) in [6, 6.07) is 0. The molecule has 0 atom stereocenters. The standard InChI is InChI=1S/C7H16N2OS.2ClH/c8-4-1-3-7(11)10-6-2-5-9;;/h1-6,8-9H2;2*1H. The van der Waals surface area contributed by atoms with Crippen molar-refractivity contribution in [3.63, 3.8) is 0 Å². The zero-order valence-corrected chi connectivity index (χ0v) is 9.98. The van der Waals surface area contributed by atoms with E-state index in [1.54, 1.807) is 0 Å². The van der Waals surface area contributed by atoms with Gasteiger partial charge in [0, 0.05) is 6.42 Å². The highest BCUT2D eigenvalue weighted by atomic mass is 35.5. The number of ether oxygens (including phenoxy) is 1. The van der Waals surface area contributed by atoms with Crippen LogP contribution < -0.4 is 11.5 Å². The summed E-state index contributed by atoms with van der Waals surface area (Å²) in [5.41, 5.74) is 10.6. The Hall–Kier alpha value is 0.390. The fourth-order valence-electron chi connectivity index (χ4n) is 0.588. The molecule has 0 aliphatic rings. The smallest absolute Gasteiger partial charge is 0.159 e. The minimum atomic E-state index is 0. The van der Waals surface area contributed by atoms with Gasteiger partial charge >= 0.3 is 0 Å². The summed E-state index contributed by atoms with van der Waals surface area (Å²) in [5.74, 6) is 0. The summed E-state index contributed by atoms with van der Waals surface area (Å²) in [4.78, 5) is 0. The monoisotopic (exact) mass is 248 g/mol. The molecule has 0 rings (SSSR count). The Bertz CT molecular complexity index is 117. The molecule has 13 heavy (non-hydrogen) atoms. The van der Waals surface area contributed by atoms with Crippen molar-refractivity contribution in [1.82, 2.24) is 0 Å². The molecule has 0 aromatic rings. The van der Waals surface area contributed by atoms with Crippen molar-refractivity contribution in [3.8, 4) is 0 Å². The van der Waals surface area contributed by atoms with Gasteiger partial charge in [-0.15, -0.1) is 24.8 Å². The molecule has 0 unspecified atom stereocenters. The van der Waals surface area contributed by atoms with Gasteiger partial charge in [-0.25, -0.2) is 0 Å². The molecule has 0 amide bonds. The summed E-state index contributed by atoms with van der Waals surface area (Å²) in [6.45, 7) is 1.96. The second-order valence-corrected chi connectivity index (χ2v) is 2.71. The molecule has 0 aliphatic heterocycles. The minimum absolute atomic E-state index is 0. The van der Waals surface area contributed by atoms with E-state index in [-0.39, 0.29) is 24.8 Å². The molecule has 0 heterocycles. The highest BCUT2D eigenvalue weighted by Crippen LogP contribution is 1.94. The molecule has 4 N–H and O–H groups in total. The van der Waals surface area contributed by atoms with Crippen LogP contribution in [0.25, 0.3) is 0 Å². The molecule has 0 spiro atoms. The molecule has 0 aliphatic carbocycles. The van der Waals surface area contributed by atoms with Crippen molar-refractivity contribution in [2.75, 3.05) is 19.7 Å². The van der Waals surface area contributed by atoms with Crippen LogP contribution in [-0.2, 0) is 4.74 Å². The summed E-state index contributed by atoms with van der Waals surface area (Å²) in [5, 5.41) is 0.656. The third-order valence-corrected chi connectivity index (χ3v) is 1.52. The molecule has 0 aromatic carbocycles. The van der Waals surface area contributed by atoms with Crippen LogP contribution in [-0.4, -0.2) is 24.7 Å². The average molecular weight is 249 g/mol. The zero-order chi connectivity index (χ0) is 8.53. The van der Waals surface area contributed by atoms with E-state index < -0.39 is 0 Å². The van der Waals surface area contributed by atoms with E-state index in [9.17, 15) is 0 Å². The van der Waals surface area contributed by atoms with E-state index in [4.69, 9.17) is 28.4 Å². The molecule has 0 saturated heterocycles. The van der Waals surface area contributed by atoms with Crippen LogP contribution in [0.5, 0.6) is 0 Å². The molecular weight excluding hydrogens is 231 g/mol. The summed E-state index contributed by atoms with van der Waals surface area (Å²) >= 11 is 4.91. The lowest BCUT2D eigenvalue weighted by Crippen LogP contribution is -2.09. The molecule has 0 saturated carbocycles. The lowest BCUT2D eigenvalue weighted by molar-refractivity contribution is 0.300. The van der Waals surface area contributed by atoms with Gasteiger partial charge in [0.15, 0.2) is 5.05 Å². The first-order valence-electron chi connectivity index (χ1n) is 3.87. The predicted molar refractivity (Wildman–Crippen MR) is 65.0 cm³/mol. The van der Waals surface area contributed by atoms with Gasteiger partial charge in [0.1, 0.15) is 0 Å². The van der Waals surface area contributed by atoms with E-state index in [1.807, 2.05) is 0 Å². The molecule has 0 fully saturated rings. The van der Waals surface area contributed by atoms with Crippen LogP contribution in [0.1, 0.15) is 19.3 Å². The van der Waals surface area contributed by atoms with Crippen LogP contribution >= 0.6 is 37.0 Å². The van der Waals surface area contributed by atoms with Crippen LogP contribution in [0.4, 0.5) is 0 Å². The van der Waals surface area contributed by atoms with Crippen LogP contribution in [0.15, 0.2) is 0 Å². The van der Waals surface area contributed by atoms with Gasteiger partial charge in [-0.2, -0.15) is 0 Å². The number of rotatable bonds is 6. The third-order valence-electron chi connectivity index (χ3n) is 1.20. The van der Waals surface area contributed by atoms with Crippen LogP contribution in [0, 0.1) is 0 Å². The number of hydrogen-bond acceptors (Lipinski definition) is 4. The minimum Gasteiger partial charge on any atom is -0.487 e. The van der Waals surface area contributed by atoms with Gasteiger partial charge < -0.3 is 16.2 Å². The second-order valence-electron chi connectivity index (χ2n) is 2.25. The maximum atomic E-state index is 5.30. The molecule has 3 nitrogen and oxygen atoms in total. The van der Waals surface area contributed by atoms with E-state index in [2.05, 4.69) is 0 Å². The fourth-order valence-corrected chi connectivity index (χ4v) is 0.816. The van der Waals surface area contributed by atoms with Crippen molar-refractivity contribution >= 4 is 42.1 Å². The Morgan fingerprint density at radius 2 is 1.62 bits per heavy atom. The Labute approximate surface area is 97.4 Å². The Kier molecular flexibility index (Phi) is 21.8. The number of nitrogens with two attached hydrogens (primary N) is 2. The maximum absolute atomic E-state index is 5.30. The number of thiocarbonyl (C=S) groups is 1. The molecule has 0 aromatic heterocycles. The Morgan fingerprint density at radius 3 is 2.08 bits per heavy atom. The van der Waals surface area contributed by atoms with E-state index in [1.165, 1.54) is 0 Å². The SMILES string of the molecule is Cl.Cl.NCCCOC(=S)CCCN. The number of hydrogen-bond donors (Lipinski definition) is 2. The predicted octanol–water partition coefficient (Wildman–Crippen LogP) is 1.26. The highest BCUT2D eigenvalue weighted by Gasteiger charge is 1.95. The quantitative estimate of drug-likeness (QED) is 0.549. The lowest BCUT2D eigenvalue weighted by Gasteiger charge is -2.04. The first kappa shape index (κ1) is 19.0. The average Bonchev–Trinajstić information content (AvgIpc) is 2.01. The van der Waals surface area contributed by atoms with Gasteiger partial charge in [0.2, 0.25) is 0 Å². The van der Waals surface area contributed by atoms with E-state index in [0.29, 0.717) is 24.7 Å². The highest BCUT2D eigenvalue weighted by molar-refractivity contribution is 7.80. The first-order chi connectivity index (χ1) is 5.31.